The number of aromatic amines is 1. The van der Waals surface area contributed by atoms with Gasteiger partial charge in [0.15, 0.2) is 0 Å². The second kappa shape index (κ2) is 5.97. The molecule has 0 aliphatic heterocycles. The fourth-order valence-electron chi connectivity index (χ4n) is 3.19. The lowest BCUT2D eigenvalue weighted by molar-refractivity contribution is 1.19. The SMILES string of the molecule is Cc1cccc(-c2nc3scc(-c4ccc(C)cc4C)c3c(=O)[nH]2)c1. The molecule has 0 spiro atoms. The summed E-state index contributed by atoms with van der Waals surface area (Å²) < 4.78 is 0. The van der Waals surface area contributed by atoms with Crippen molar-refractivity contribution in [2.45, 2.75) is 20.8 Å². The second-order valence-electron chi connectivity index (χ2n) is 6.43. The molecule has 0 amide bonds. The van der Waals surface area contributed by atoms with Gasteiger partial charge in [-0.2, -0.15) is 0 Å². The maximum atomic E-state index is 12.8. The Balaban J connectivity index is 1.92. The molecule has 3 nitrogen and oxygen atoms in total. The number of hydrogen-bond donors (Lipinski definition) is 1. The monoisotopic (exact) mass is 346 g/mol. The van der Waals surface area contributed by atoms with Gasteiger partial charge >= 0.3 is 0 Å². The van der Waals surface area contributed by atoms with Crippen molar-refractivity contribution in [2.24, 2.45) is 0 Å². The molecule has 0 bridgehead atoms. The van der Waals surface area contributed by atoms with Crippen molar-refractivity contribution in [1.82, 2.24) is 9.97 Å². The van der Waals surface area contributed by atoms with Gasteiger partial charge in [-0.05, 0) is 38.0 Å². The number of aromatic nitrogens is 2. The maximum absolute atomic E-state index is 12.8. The Morgan fingerprint density at radius 3 is 2.52 bits per heavy atom. The predicted molar refractivity (Wildman–Crippen MR) is 105 cm³/mol. The molecule has 0 saturated carbocycles. The van der Waals surface area contributed by atoms with Crippen LogP contribution >= 0.6 is 11.3 Å². The van der Waals surface area contributed by atoms with Crippen LogP contribution in [0.1, 0.15) is 16.7 Å². The Morgan fingerprint density at radius 1 is 0.960 bits per heavy atom. The lowest BCUT2D eigenvalue weighted by Gasteiger charge is -2.06. The van der Waals surface area contributed by atoms with Crippen molar-refractivity contribution in [3.63, 3.8) is 0 Å². The predicted octanol–water partition coefficient (Wildman–Crippen LogP) is 5.24. The Hall–Kier alpha value is -2.72. The van der Waals surface area contributed by atoms with Crippen molar-refractivity contribution in [3.05, 3.63) is 74.9 Å². The van der Waals surface area contributed by atoms with Crippen LogP contribution in [-0.2, 0) is 0 Å². The molecule has 0 radical (unpaired) electrons. The third-order valence-electron chi connectivity index (χ3n) is 4.41. The minimum Gasteiger partial charge on any atom is -0.306 e. The number of fused-ring (bicyclic) bond motifs is 1. The maximum Gasteiger partial charge on any atom is 0.260 e. The molecule has 0 aliphatic rings. The second-order valence-corrected chi connectivity index (χ2v) is 7.29. The molecule has 0 aliphatic carbocycles. The highest BCUT2D eigenvalue weighted by atomic mass is 32.1. The number of benzene rings is 2. The molecule has 124 valence electrons. The van der Waals surface area contributed by atoms with Gasteiger partial charge in [-0.1, -0.05) is 47.5 Å². The van der Waals surface area contributed by atoms with E-state index in [1.54, 1.807) is 0 Å². The lowest BCUT2D eigenvalue weighted by Crippen LogP contribution is -2.09. The van der Waals surface area contributed by atoms with Gasteiger partial charge in [0.2, 0.25) is 0 Å². The zero-order chi connectivity index (χ0) is 17.6. The minimum absolute atomic E-state index is 0.0854. The minimum atomic E-state index is -0.0854. The number of H-pyrrole nitrogens is 1. The van der Waals surface area contributed by atoms with Crippen LogP contribution < -0.4 is 5.56 Å². The van der Waals surface area contributed by atoms with Crippen molar-refractivity contribution >= 4 is 21.6 Å². The first kappa shape index (κ1) is 15.8. The number of hydrogen-bond acceptors (Lipinski definition) is 3. The van der Waals surface area contributed by atoms with Crippen molar-refractivity contribution < 1.29 is 0 Å². The summed E-state index contributed by atoms with van der Waals surface area (Å²) >= 11 is 1.52. The smallest absolute Gasteiger partial charge is 0.260 e. The van der Waals surface area contributed by atoms with E-state index in [1.807, 2.05) is 36.6 Å². The Kier molecular flexibility index (Phi) is 3.77. The van der Waals surface area contributed by atoms with Crippen LogP contribution in [0.4, 0.5) is 0 Å². The molecule has 0 unspecified atom stereocenters. The molecule has 0 saturated heterocycles. The van der Waals surface area contributed by atoms with Crippen molar-refractivity contribution in [3.8, 4) is 22.5 Å². The van der Waals surface area contributed by atoms with E-state index in [9.17, 15) is 4.79 Å². The van der Waals surface area contributed by atoms with E-state index in [-0.39, 0.29) is 5.56 Å². The van der Waals surface area contributed by atoms with E-state index in [4.69, 9.17) is 4.98 Å². The zero-order valence-electron chi connectivity index (χ0n) is 14.4. The molecule has 4 rings (SSSR count). The first-order valence-electron chi connectivity index (χ1n) is 8.19. The Labute approximate surface area is 150 Å². The number of aryl methyl sites for hydroxylation is 3. The van der Waals surface area contributed by atoms with Crippen LogP contribution in [0.25, 0.3) is 32.7 Å². The van der Waals surface area contributed by atoms with E-state index >= 15 is 0 Å². The normalized spacial score (nSPS) is 11.2. The molecule has 0 fully saturated rings. The van der Waals surface area contributed by atoms with Crippen LogP contribution in [0, 0.1) is 20.8 Å². The topological polar surface area (TPSA) is 45.8 Å². The Bertz CT molecular complexity index is 1150. The third kappa shape index (κ3) is 2.79. The molecule has 1 N–H and O–H groups in total. The molecular weight excluding hydrogens is 328 g/mol. The summed E-state index contributed by atoms with van der Waals surface area (Å²) in [6.07, 6.45) is 0. The van der Waals surface area contributed by atoms with Gasteiger partial charge in [0.05, 0.1) is 5.39 Å². The van der Waals surface area contributed by atoms with Crippen LogP contribution in [0.5, 0.6) is 0 Å². The van der Waals surface area contributed by atoms with E-state index in [0.29, 0.717) is 11.2 Å². The van der Waals surface area contributed by atoms with E-state index in [0.717, 1.165) is 27.1 Å². The molecule has 2 aromatic carbocycles. The van der Waals surface area contributed by atoms with Gasteiger partial charge in [0, 0.05) is 16.5 Å². The quantitative estimate of drug-likeness (QED) is 0.539. The highest BCUT2D eigenvalue weighted by Gasteiger charge is 2.15. The Morgan fingerprint density at radius 2 is 1.76 bits per heavy atom. The number of thiophene rings is 1. The first-order valence-corrected chi connectivity index (χ1v) is 9.07. The fourth-order valence-corrected chi connectivity index (χ4v) is 4.13. The van der Waals surface area contributed by atoms with Gasteiger partial charge in [-0.25, -0.2) is 4.98 Å². The van der Waals surface area contributed by atoms with Gasteiger partial charge in [0.25, 0.3) is 5.56 Å². The van der Waals surface area contributed by atoms with Gasteiger partial charge in [-0.15, -0.1) is 11.3 Å². The molecule has 0 atom stereocenters. The summed E-state index contributed by atoms with van der Waals surface area (Å²) in [6.45, 7) is 6.18. The van der Waals surface area contributed by atoms with Crippen LogP contribution in [0.2, 0.25) is 0 Å². The zero-order valence-corrected chi connectivity index (χ0v) is 15.2. The summed E-state index contributed by atoms with van der Waals surface area (Å²) in [5.74, 6) is 0.621. The van der Waals surface area contributed by atoms with Crippen LogP contribution in [-0.4, -0.2) is 9.97 Å². The largest absolute Gasteiger partial charge is 0.306 e. The van der Waals surface area contributed by atoms with Gasteiger partial charge in [-0.3, -0.25) is 4.79 Å². The number of nitrogens with one attached hydrogen (secondary N) is 1. The van der Waals surface area contributed by atoms with Crippen LogP contribution in [0.3, 0.4) is 0 Å². The lowest BCUT2D eigenvalue weighted by atomic mass is 9.99. The van der Waals surface area contributed by atoms with Crippen molar-refractivity contribution in [1.29, 1.82) is 0 Å². The van der Waals surface area contributed by atoms with E-state index < -0.39 is 0 Å². The summed E-state index contributed by atoms with van der Waals surface area (Å²) in [7, 11) is 0. The third-order valence-corrected chi connectivity index (χ3v) is 5.28. The summed E-state index contributed by atoms with van der Waals surface area (Å²) in [5, 5.41) is 2.71. The molecule has 2 heterocycles. The van der Waals surface area contributed by atoms with Crippen molar-refractivity contribution in [2.75, 3.05) is 0 Å². The first-order chi connectivity index (χ1) is 12.0. The van der Waals surface area contributed by atoms with Gasteiger partial charge < -0.3 is 4.98 Å². The highest BCUT2D eigenvalue weighted by molar-refractivity contribution is 7.17. The van der Waals surface area contributed by atoms with E-state index in [1.165, 1.54) is 22.5 Å². The summed E-state index contributed by atoms with van der Waals surface area (Å²) in [6, 6.07) is 14.3. The summed E-state index contributed by atoms with van der Waals surface area (Å²) in [4.78, 5) is 21.2. The molecule has 4 heteroatoms. The average molecular weight is 346 g/mol. The van der Waals surface area contributed by atoms with Gasteiger partial charge in [0.1, 0.15) is 10.7 Å². The van der Waals surface area contributed by atoms with Crippen LogP contribution in [0.15, 0.2) is 52.6 Å². The average Bonchev–Trinajstić information content (AvgIpc) is 2.99. The fraction of sp³-hybridized carbons (Fsp3) is 0.143. The summed E-state index contributed by atoms with van der Waals surface area (Å²) in [5.41, 5.74) is 6.42. The van der Waals surface area contributed by atoms with E-state index in [2.05, 4.69) is 37.0 Å². The number of nitrogens with zero attached hydrogens (tertiary/aromatic N) is 1. The standard InChI is InChI=1S/C21H18N2OS/c1-12-5-4-6-15(10-12)19-22-20(24)18-17(11-25-21(18)23-19)16-8-7-13(2)9-14(16)3/h4-11H,1-3H3,(H,22,23,24). The molecule has 4 aromatic rings. The molecular formula is C21H18N2OS. The highest BCUT2D eigenvalue weighted by Crippen LogP contribution is 2.33. The number of rotatable bonds is 2. The molecule has 25 heavy (non-hydrogen) atoms. The molecule has 2 aromatic heterocycles.